The average Bonchev–Trinajstić information content (AvgIpc) is 2.81. The summed E-state index contributed by atoms with van der Waals surface area (Å²) < 4.78 is 9.83. The molecule has 2 rings (SSSR count). The number of aryl methyl sites for hydroxylation is 1. The summed E-state index contributed by atoms with van der Waals surface area (Å²) in [6.07, 6.45) is -0.765. The predicted octanol–water partition coefficient (Wildman–Crippen LogP) is 3.29. The normalized spacial score (nSPS) is 11.0. The number of amides is 3. The number of anilines is 1. The SMILES string of the molecule is C=C(COC(=O)Nc1ccc(C)cc1)C(=O)NC(C(=O)NCC(=O)OCC)c1ccc(Cl)cc1. The van der Waals surface area contributed by atoms with Crippen molar-refractivity contribution in [3.8, 4) is 0 Å². The number of ether oxygens (including phenoxy) is 2. The highest BCUT2D eigenvalue weighted by Crippen LogP contribution is 2.18. The fourth-order valence-electron chi connectivity index (χ4n) is 2.67. The summed E-state index contributed by atoms with van der Waals surface area (Å²) >= 11 is 5.91. The summed E-state index contributed by atoms with van der Waals surface area (Å²) in [5.74, 6) is -1.97. The molecule has 0 aliphatic carbocycles. The lowest BCUT2D eigenvalue weighted by molar-refractivity contribution is -0.143. The molecule has 0 fully saturated rings. The third kappa shape index (κ3) is 8.59. The van der Waals surface area contributed by atoms with Crippen LogP contribution in [0, 0.1) is 6.92 Å². The summed E-state index contributed by atoms with van der Waals surface area (Å²) in [5, 5.41) is 7.93. The first-order chi connectivity index (χ1) is 16.2. The second-order valence-corrected chi connectivity index (χ2v) is 7.59. The van der Waals surface area contributed by atoms with Gasteiger partial charge in [0, 0.05) is 16.3 Å². The van der Waals surface area contributed by atoms with Crippen molar-refractivity contribution < 1.29 is 28.7 Å². The Morgan fingerprint density at radius 3 is 2.26 bits per heavy atom. The molecule has 0 aliphatic heterocycles. The molecule has 34 heavy (non-hydrogen) atoms. The maximum absolute atomic E-state index is 12.7. The van der Waals surface area contributed by atoms with Gasteiger partial charge in [-0.05, 0) is 43.7 Å². The maximum Gasteiger partial charge on any atom is 0.411 e. The second kappa shape index (κ2) is 13.0. The van der Waals surface area contributed by atoms with Crippen LogP contribution in [0.15, 0.2) is 60.7 Å². The largest absolute Gasteiger partial charge is 0.465 e. The number of nitrogens with one attached hydrogen (secondary N) is 3. The molecule has 10 heteroatoms. The van der Waals surface area contributed by atoms with E-state index in [0.29, 0.717) is 16.3 Å². The van der Waals surface area contributed by atoms with Crippen LogP contribution in [0.1, 0.15) is 24.1 Å². The van der Waals surface area contributed by atoms with Crippen molar-refractivity contribution in [3.63, 3.8) is 0 Å². The van der Waals surface area contributed by atoms with Gasteiger partial charge in [-0.25, -0.2) is 4.79 Å². The first-order valence-electron chi connectivity index (χ1n) is 10.4. The van der Waals surface area contributed by atoms with Gasteiger partial charge in [0.15, 0.2) is 0 Å². The Hall–Kier alpha value is -3.85. The average molecular weight is 488 g/mol. The van der Waals surface area contributed by atoms with Gasteiger partial charge in [-0.15, -0.1) is 0 Å². The van der Waals surface area contributed by atoms with Crippen LogP contribution in [-0.2, 0) is 23.9 Å². The van der Waals surface area contributed by atoms with Crippen molar-refractivity contribution in [1.29, 1.82) is 0 Å². The van der Waals surface area contributed by atoms with Gasteiger partial charge in [0.05, 0.1) is 6.61 Å². The second-order valence-electron chi connectivity index (χ2n) is 7.15. The molecule has 0 aromatic heterocycles. The van der Waals surface area contributed by atoms with Crippen LogP contribution in [0.5, 0.6) is 0 Å². The van der Waals surface area contributed by atoms with E-state index in [1.807, 2.05) is 19.1 Å². The predicted molar refractivity (Wildman–Crippen MR) is 127 cm³/mol. The van der Waals surface area contributed by atoms with Crippen LogP contribution in [-0.4, -0.2) is 43.6 Å². The van der Waals surface area contributed by atoms with Gasteiger partial charge in [-0.1, -0.05) is 48.0 Å². The standard InChI is InChI=1S/C24H26ClN3O6/c1-4-33-20(29)13-26-23(31)21(17-7-9-18(25)10-8-17)28-22(30)16(3)14-34-24(32)27-19-11-5-15(2)6-12-19/h5-12,21H,3-4,13-14H2,1-2H3,(H,26,31)(H,27,32)(H,28,30). The van der Waals surface area contributed by atoms with E-state index in [0.717, 1.165) is 5.56 Å². The van der Waals surface area contributed by atoms with Gasteiger partial charge in [0.25, 0.3) is 5.91 Å². The summed E-state index contributed by atoms with van der Waals surface area (Å²) in [5.41, 5.74) is 1.90. The number of carbonyl (C=O) groups is 4. The van der Waals surface area contributed by atoms with Gasteiger partial charge in [-0.2, -0.15) is 0 Å². The van der Waals surface area contributed by atoms with Gasteiger partial charge in [0.2, 0.25) is 5.91 Å². The molecule has 0 bridgehead atoms. The zero-order valence-corrected chi connectivity index (χ0v) is 19.6. The van der Waals surface area contributed by atoms with E-state index in [9.17, 15) is 19.2 Å². The molecule has 0 radical (unpaired) electrons. The highest BCUT2D eigenvalue weighted by Gasteiger charge is 2.25. The molecule has 2 aromatic carbocycles. The van der Waals surface area contributed by atoms with Crippen molar-refractivity contribution in [2.45, 2.75) is 19.9 Å². The quantitative estimate of drug-likeness (QED) is 0.349. The number of rotatable bonds is 10. The van der Waals surface area contributed by atoms with Gasteiger partial charge < -0.3 is 20.1 Å². The molecule has 0 heterocycles. The third-order valence-corrected chi connectivity index (χ3v) is 4.70. The van der Waals surface area contributed by atoms with E-state index in [1.54, 1.807) is 43.3 Å². The minimum atomic E-state index is -1.16. The summed E-state index contributed by atoms with van der Waals surface area (Å²) in [6, 6.07) is 12.2. The van der Waals surface area contributed by atoms with Gasteiger partial charge in [-0.3, -0.25) is 19.7 Å². The first kappa shape index (κ1) is 26.4. The van der Waals surface area contributed by atoms with Gasteiger partial charge >= 0.3 is 12.1 Å². The molecule has 1 atom stereocenters. The fraction of sp³-hybridized carbons (Fsp3) is 0.250. The smallest absolute Gasteiger partial charge is 0.411 e. The highest BCUT2D eigenvalue weighted by atomic mass is 35.5. The van der Waals surface area contributed by atoms with Crippen molar-refractivity contribution >= 4 is 41.2 Å². The Labute approximate surface area is 202 Å². The van der Waals surface area contributed by atoms with Gasteiger partial charge in [0.1, 0.15) is 19.2 Å². The van der Waals surface area contributed by atoms with Crippen LogP contribution in [0.3, 0.4) is 0 Å². The number of hydrogen-bond donors (Lipinski definition) is 3. The molecule has 1 unspecified atom stereocenters. The van der Waals surface area contributed by atoms with Crippen LogP contribution in [0.4, 0.5) is 10.5 Å². The van der Waals surface area contributed by atoms with Crippen molar-refractivity contribution in [1.82, 2.24) is 10.6 Å². The lowest BCUT2D eigenvalue weighted by atomic mass is 10.1. The minimum Gasteiger partial charge on any atom is -0.465 e. The van der Waals surface area contributed by atoms with Crippen molar-refractivity contribution in [2.24, 2.45) is 0 Å². The molecule has 0 saturated carbocycles. The summed E-state index contributed by atoms with van der Waals surface area (Å²) in [6.45, 7) is 6.58. The molecule has 3 amide bonds. The van der Waals surface area contributed by atoms with Crippen LogP contribution < -0.4 is 16.0 Å². The van der Waals surface area contributed by atoms with Crippen LogP contribution in [0.25, 0.3) is 0 Å². The van der Waals surface area contributed by atoms with E-state index in [4.69, 9.17) is 21.1 Å². The molecular weight excluding hydrogens is 462 g/mol. The minimum absolute atomic E-state index is 0.0868. The topological polar surface area (TPSA) is 123 Å². The Morgan fingerprint density at radius 1 is 1.00 bits per heavy atom. The zero-order valence-electron chi connectivity index (χ0n) is 18.9. The van der Waals surface area contributed by atoms with E-state index in [2.05, 4.69) is 22.5 Å². The van der Waals surface area contributed by atoms with Crippen molar-refractivity contribution in [3.05, 3.63) is 76.8 Å². The van der Waals surface area contributed by atoms with Crippen molar-refractivity contribution in [2.75, 3.05) is 25.1 Å². The van der Waals surface area contributed by atoms with E-state index < -0.39 is 36.5 Å². The maximum atomic E-state index is 12.7. The molecule has 2 aromatic rings. The highest BCUT2D eigenvalue weighted by molar-refractivity contribution is 6.30. The van der Waals surface area contributed by atoms with E-state index in [-0.39, 0.29) is 18.7 Å². The Balaban J connectivity index is 1.98. The third-order valence-electron chi connectivity index (χ3n) is 4.45. The lowest BCUT2D eigenvalue weighted by Gasteiger charge is -2.19. The fourth-order valence-corrected chi connectivity index (χ4v) is 2.80. The molecular formula is C24H26ClN3O6. The van der Waals surface area contributed by atoms with Crippen LogP contribution >= 0.6 is 11.6 Å². The number of benzene rings is 2. The summed E-state index contributed by atoms with van der Waals surface area (Å²) in [7, 11) is 0. The Morgan fingerprint density at radius 2 is 1.65 bits per heavy atom. The lowest BCUT2D eigenvalue weighted by Crippen LogP contribution is -2.43. The zero-order chi connectivity index (χ0) is 25.1. The molecule has 3 N–H and O–H groups in total. The van der Waals surface area contributed by atoms with Crippen LogP contribution in [0.2, 0.25) is 5.02 Å². The molecule has 180 valence electrons. The summed E-state index contributed by atoms with van der Waals surface area (Å²) in [4.78, 5) is 48.9. The monoisotopic (exact) mass is 487 g/mol. The van der Waals surface area contributed by atoms with E-state index in [1.165, 1.54) is 0 Å². The molecule has 9 nitrogen and oxygen atoms in total. The molecule has 0 saturated heterocycles. The Kier molecular flexibility index (Phi) is 10.1. The number of halogens is 1. The Bertz CT molecular complexity index is 1040. The number of esters is 1. The number of carbonyl (C=O) groups excluding carboxylic acids is 4. The first-order valence-corrected chi connectivity index (χ1v) is 10.7. The molecule has 0 aliphatic rings. The van der Waals surface area contributed by atoms with E-state index >= 15 is 0 Å². The number of hydrogen-bond acceptors (Lipinski definition) is 6. The molecule has 0 spiro atoms.